The number of rotatable bonds is 3. The summed E-state index contributed by atoms with van der Waals surface area (Å²) in [5.74, 6) is -1.04. The Morgan fingerprint density at radius 1 is 1.53 bits per heavy atom. The molecule has 0 atom stereocenters. The Bertz CT molecular complexity index is 543. The van der Waals surface area contributed by atoms with Gasteiger partial charge in [-0.05, 0) is 32.0 Å². The number of carboxylic acids is 1. The van der Waals surface area contributed by atoms with Crippen LogP contribution in [0.5, 0.6) is 0 Å². The fourth-order valence-electron chi connectivity index (χ4n) is 1.92. The summed E-state index contributed by atoms with van der Waals surface area (Å²) in [6.45, 7) is 3.56. The predicted octanol–water partition coefficient (Wildman–Crippen LogP) is 2.32. The lowest BCUT2D eigenvalue weighted by Gasteiger charge is -2.34. The van der Waals surface area contributed by atoms with Crippen LogP contribution in [-0.4, -0.2) is 30.1 Å². The number of aliphatic carboxylic acids is 1. The van der Waals surface area contributed by atoms with Crippen LogP contribution in [-0.2, 0) is 9.59 Å². The largest absolute Gasteiger partial charge is 0.481 e. The molecule has 1 aromatic rings. The normalized spacial score (nSPS) is 14.9. The van der Waals surface area contributed by atoms with E-state index in [1.165, 1.54) is 4.90 Å². The highest BCUT2D eigenvalue weighted by molar-refractivity contribution is 9.10. The van der Waals surface area contributed by atoms with Gasteiger partial charge in [-0.25, -0.2) is 0 Å². The van der Waals surface area contributed by atoms with Crippen LogP contribution in [0.25, 0.3) is 0 Å². The van der Waals surface area contributed by atoms with E-state index >= 15 is 0 Å². The van der Waals surface area contributed by atoms with Crippen LogP contribution in [0.2, 0.25) is 0 Å². The number of fused-ring (bicyclic) bond motifs is 1. The van der Waals surface area contributed by atoms with E-state index in [-0.39, 0.29) is 19.0 Å². The summed E-state index contributed by atoms with van der Waals surface area (Å²) in [6, 6.07) is 5.52. The number of hydrogen-bond donors (Lipinski definition) is 2. The molecule has 102 valence electrons. The summed E-state index contributed by atoms with van der Waals surface area (Å²) < 4.78 is 0.908. The third-order valence-corrected chi connectivity index (χ3v) is 3.61. The SMILES string of the molecule is CC(C)(CN1C(=O)CNc2cc(Br)ccc21)C(=O)O. The second-order valence-electron chi connectivity index (χ2n) is 5.18. The van der Waals surface area contributed by atoms with E-state index in [2.05, 4.69) is 21.2 Å². The molecule has 0 saturated carbocycles. The van der Waals surface area contributed by atoms with Crippen molar-refractivity contribution in [1.82, 2.24) is 0 Å². The van der Waals surface area contributed by atoms with E-state index in [1.54, 1.807) is 19.9 Å². The van der Waals surface area contributed by atoms with Crippen LogP contribution in [0.4, 0.5) is 11.4 Å². The highest BCUT2D eigenvalue weighted by atomic mass is 79.9. The third kappa shape index (κ3) is 2.73. The molecule has 0 unspecified atom stereocenters. The van der Waals surface area contributed by atoms with E-state index in [0.29, 0.717) is 5.69 Å². The maximum Gasteiger partial charge on any atom is 0.310 e. The van der Waals surface area contributed by atoms with Crippen molar-refractivity contribution in [2.75, 3.05) is 23.3 Å². The van der Waals surface area contributed by atoms with Gasteiger partial charge in [0, 0.05) is 11.0 Å². The van der Waals surface area contributed by atoms with Crippen LogP contribution in [0.15, 0.2) is 22.7 Å². The molecule has 0 bridgehead atoms. The molecule has 0 spiro atoms. The molecule has 0 aliphatic carbocycles. The molecule has 1 amide bonds. The van der Waals surface area contributed by atoms with Gasteiger partial charge < -0.3 is 15.3 Å². The van der Waals surface area contributed by atoms with Crippen LogP contribution in [0.1, 0.15) is 13.8 Å². The minimum Gasteiger partial charge on any atom is -0.481 e. The molecule has 0 saturated heterocycles. The van der Waals surface area contributed by atoms with Crippen molar-refractivity contribution in [3.63, 3.8) is 0 Å². The highest BCUT2D eigenvalue weighted by Gasteiger charge is 2.34. The highest BCUT2D eigenvalue weighted by Crippen LogP contribution is 2.34. The fourth-order valence-corrected chi connectivity index (χ4v) is 2.28. The monoisotopic (exact) mass is 326 g/mol. The van der Waals surface area contributed by atoms with Gasteiger partial charge in [-0.15, -0.1) is 0 Å². The zero-order chi connectivity index (χ0) is 14.2. The third-order valence-electron chi connectivity index (χ3n) is 3.11. The molecule has 19 heavy (non-hydrogen) atoms. The van der Waals surface area contributed by atoms with Gasteiger partial charge in [-0.1, -0.05) is 15.9 Å². The number of nitrogens with one attached hydrogen (secondary N) is 1. The van der Waals surface area contributed by atoms with Gasteiger partial charge in [-0.2, -0.15) is 0 Å². The lowest BCUT2D eigenvalue weighted by molar-refractivity contribution is -0.146. The average Bonchev–Trinajstić information content (AvgIpc) is 2.32. The number of carbonyl (C=O) groups excluding carboxylic acids is 1. The number of hydrogen-bond acceptors (Lipinski definition) is 3. The van der Waals surface area contributed by atoms with Crippen molar-refractivity contribution < 1.29 is 14.7 Å². The number of carbonyl (C=O) groups is 2. The molecule has 1 heterocycles. The lowest BCUT2D eigenvalue weighted by Crippen LogP contribution is -2.47. The summed E-state index contributed by atoms with van der Waals surface area (Å²) >= 11 is 3.37. The molecule has 2 N–H and O–H groups in total. The van der Waals surface area contributed by atoms with Crippen molar-refractivity contribution >= 4 is 39.2 Å². The van der Waals surface area contributed by atoms with E-state index in [9.17, 15) is 14.7 Å². The first kappa shape index (κ1) is 13.9. The Morgan fingerprint density at radius 2 is 2.21 bits per heavy atom. The molecule has 5 nitrogen and oxygen atoms in total. The number of carboxylic acid groups (broad SMARTS) is 1. The lowest BCUT2D eigenvalue weighted by atomic mass is 9.92. The first-order valence-electron chi connectivity index (χ1n) is 5.88. The minimum atomic E-state index is -0.989. The first-order chi connectivity index (χ1) is 8.81. The molecule has 0 fully saturated rings. The topological polar surface area (TPSA) is 69.6 Å². The van der Waals surface area contributed by atoms with E-state index < -0.39 is 11.4 Å². The number of amides is 1. The number of anilines is 2. The molecule has 0 radical (unpaired) electrons. The van der Waals surface area contributed by atoms with Crippen LogP contribution in [0.3, 0.4) is 0 Å². The van der Waals surface area contributed by atoms with E-state index in [0.717, 1.165) is 10.2 Å². The number of benzene rings is 1. The summed E-state index contributed by atoms with van der Waals surface area (Å²) in [6.07, 6.45) is 0. The Morgan fingerprint density at radius 3 is 2.84 bits per heavy atom. The molecular weight excluding hydrogens is 312 g/mol. The molecule has 1 aliphatic heterocycles. The Labute approximate surface area is 119 Å². The predicted molar refractivity (Wildman–Crippen MR) is 76.4 cm³/mol. The molecular formula is C13H15BrN2O3. The summed E-state index contributed by atoms with van der Waals surface area (Å²) in [4.78, 5) is 24.7. The molecule has 0 aromatic heterocycles. The van der Waals surface area contributed by atoms with Crippen molar-refractivity contribution in [3.8, 4) is 0 Å². The Balaban J connectivity index is 2.36. The summed E-state index contributed by atoms with van der Waals surface area (Å²) in [5.41, 5.74) is 0.557. The maximum atomic E-state index is 12.0. The fraction of sp³-hybridized carbons (Fsp3) is 0.385. The van der Waals surface area contributed by atoms with Gasteiger partial charge in [0.2, 0.25) is 5.91 Å². The van der Waals surface area contributed by atoms with Crippen molar-refractivity contribution in [2.24, 2.45) is 5.41 Å². The molecule has 1 aliphatic rings. The maximum absolute atomic E-state index is 12.0. The zero-order valence-corrected chi connectivity index (χ0v) is 12.3. The molecule has 1 aromatic carbocycles. The summed E-state index contributed by atoms with van der Waals surface area (Å²) in [5, 5.41) is 12.2. The van der Waals surface area contributed by atoms with Gasteiger partial charge in [0.05, 0.1) is 23.3 Å². The standard InChI is InChI=1S/C13H15BrN2O3/c1-13(2,12(18)19)7-16-10-4-3-8(14)5-9(10)15-6-11(16)17/h3-5,15H,6-7H2,1-2H3,(H,18,19). The van der Waals surface area contributed by atoms with Gasteiger partial charge >= 0.3 is 5.97 Å². The van der Waals surface area contributed by atoms with Crippen LogP contribution < -0.4 is 10.2 Å². The van der Waals surface area contributed by atoms with Gasteiger partial charge in [0.25, 0.3) is 0 Å². The molecule has 2 rings (SSSR count). The van der Waals surface area contributed by atoms with Gasteiger partial charge in [0.1, 0.15) is 0 Å². The van der Waals surface area contributed by atoms with Gasteiger partial charge in [0.15, 0.2) is 0 Å². The van der Waals surface area contributed by atoms with E-state index in [4.69, 9.17) is 0 Å². The average molecular weight is 327 g/mol. The minimum absolute atomic E-state index is 0.121. The number of halogens is 1. The van der Waals surface area contributed by atoms with Gasteiger partial charge in [-0.3, -0.25) is 9.59 Å². The van der Waals surface area contributed by atoms with Crippen LogP contribution in [0, 0.1) is 5.41 Å². The second kappa shape index (κ2) is 4.85. The Hall–Kier alpha value is -1.56. The smallest absolute Gasteiger partial charge is 0.310 e. The Kier molecular flexibility index (Phi) is 3.54. The van der Waals surface area contributed by atoms with Crippen molar-refractivity contribution in [3.05, 3.63) is 22.7 Å². The molecule has 6 heteroatoms. The quantitative estimate of drug-likeness (QED) is 0.894. The van der Waals surface area contributed by atoms with Crippen molar-refractivity contribution in [2.45, 2.75) is 13.8 Å². The number of nitrogens with zero attached hydrogens (tertiary/aromatic N) is 1. The van der Waals surface area contributed by atoms with Crippen molar-refractivity contribution in [1.29, 1.82) is 0 Å². The van der Waals surface area contributed by atoms with E-state index in [1.807, 2.05) is 12.1 Å². The second-order valence-corrected chi connectivity index (χ2v) is 6.10. The first-order valence-corrected chi connectivity index (χ1v) is 6.68. The van der Waals surface area contributed by atoms with Crippen LogP contribution >= 0.6 is 15.9 Å². The zero-order valence-electron chi connectivity index (χ0n) is 10.7. The summed E-state index contributed by atoms with van der Waals surface area (Å²) in [7, 11) is 0.